The van der Waals surface area contributed by atoms with Gasteiger partial charge in [0.15, 0.2) is 5.82 Å². The third-order valence-corrected chi connectivity index (χ3v) is 8.69. The van der Waals surface area contributed by atoms with Crippen molar-refractivity contribution in [3.05, 3.63) is 98.7 Å². The van der Waals surface area contributed by atoms with Gasteiger partial charge in [-0.25, -0.2) is 22.5 Å². The summed E-state index contributed by atoms with van der Waals surface area (Å²) in [5.41, 5.74) is 2.81. The van der Waals surface area contributed by atoms with Gasteiger partial charge >= 0.3 is 0 Å². The lowest BCUT2D eigenvalue weighted by atomic mass is 10.0. The molecule has 48 heavy (non-hydrogen) atoms. The van der Waals surface area contributed by atoms with Crippen molar-refractivity contribution in [3.63, 3.8) is 0 Å². The first-order valence-electron chi connectivity index (χ1n) is 14.8. The fourth-order valence-electron chi connectivity index (χ4n) is 5.90. The number of anilines is 1. The second-order valence-corrected chi connectivity index (χ2v) is 12.7. The standard InChI is InChI=1S/C33H31ClF4N8OS/c1-17-10-24(41-45(17)16-33(2,37)38)19-6-7-22-25(14-19)40-31(26(39-3)13-18-11-20(35)15-21(36)12-18)46(32(22)47)27-9-8-23(34)28-29(27)44(4)42-30(28)43-48-5/h6-12,14-15,26,39H,13,16H2,1-5H3,(H,42,43). The summed E-state index contributed by atoms with van der Waals surface area (Å²) < 4.78 is 63.5. The van der Waals surface area contributed by atoms with Crippen molar-refractivity contribution in [2.45, 2.75) is 38.8 Å². The van der Waals surface area contributed by atoms with Gasteiger partial charge < -0.3 is 10.0 Å². The maximum atomic E-state index is 14.6. The van der Waals surface area contributed by atoms with E-state index < -0.39 is 35.7 Å². The van der Waals surface area contributed by atoms with Crippen LogP contribution < -0.4 is 15.6 Å². The first-order chi connectivity index (χ1) is 22.8. The monoisotopic (exact) mass is 698 g/mol. The number of hydrogen-bond acceptors (Lipinski definition) is 7. The first kappa shape index (κ1) is 33.5. The summed E-state index contributed by atoms with van der Waals surface area (Å²) in [6, 6.07) is 12.6. The summed E-state index contributed by atoms with van der Waals surface area (Å²) in [4.78, 5) is 19.5. The summed E-state index contributed by atoms with van der Waals surface area (Å²) in [7, 11) is 3.40. The lowest BCUT2D eigenvalue weighted by Crippen LogP contribution is -2.31. The third-order valence-electron chi connectivity index (χ3n) is 7.98. The highest BCUT2D eigenvalue weighted by Gasteiger charge is 2.26. The Labute approximate surface area is 282 Å². The van der Waals surface area contributed by atoms with E-state index in [-0.39, 0.29) is 17.6 Å². The molecule has 0 spiro atoms. The van der Waals surface area contributed by atoms with Crippen LogP contribution in [0.25, 0.3) is 38.8 Å². The molecule has 0 saturated carbocycles. The minimum absolute atomic E-state index is 0.0824. The summed E-state index contributed by atoms with van der Waals surface area (Å²) >= 11 is 8.00. The molecule has 250 valence electrons. The predicted octanol–water partition coefficient (Wildman–Crippen LogP) is 7.22. The molecule has 6 rings (SSSR count). The van der Waals surface area contributed by atoms with Crippen molar-refractivity contribution in [2.75, 3.05) is 18.0 Å². The van der Waals surface area contributed by atoms with E-state index in [1.807, 2.05) is 6.26 Å². The number of halogens is 5. The van der Waals surface area contributed by atoms with Crippen LogP contribution in [0.5, 0.6) is 0 Å². The number of benzene rings is 3. The normalized spacial score (nSPS) is 12.7. The molecule has 9 nitrogen and oxygen atoms in total. The summed E-state index contributed by atoms with van der Waals surface area (Å²) in [6.45, 7) is 1.94. The van der Waals surface area contributed by atoms with Crippen molar-refractivity contribution in [3.8, 4) is 16.9 Å². The van der Waals surface area contributed by atoms with Crippen LogP contribution in [0.3, 0.4) is 0 Å². The van der Waals surface area contributed by atoms with Gasteiger partial charge in [0.25, 0.3) is 11.5 Å². The van der Waals surface area contributed by atoms with Crippen LogP contribution >= 0.6 is 23.5 Å². The molecule has 0 bridgehead atoms. The molecule has 1 atom stereocenters. The van der Waals surface area contributed by atoms with E-state index in [0.29, 0.717) is 55.5 Å². The van der Waals surface area contributed by atoms with Crippen LogP contribution in [0.15, 0.2) is 59.4 Å². The molecule has 0 fully saturated rings. The van der Waals surface area contributed by atoms with Gasteiger partial charge in [-0.3, -0.25) is 18.7 Å². The highest BCUT2D eigenvalue weighted by molar-refractivity contribution is 7.99. The zero-order chi connectivity index (χ0) is 34.5. The van der Waals surface area contributed by atoms with Crippen LogP contribution in [-0.4, -0.2) is 48.3 Å². The number of hydrogen-bond donors (Lipinski definition) is 2. The zero-order valence-electron chi connectivity index (χ0n) is 26.6. The molecular formula is C33H31ClF4N8OS. The molecule has 0 saturated heterocycles. The average molecular weight is 699 g/mol. The fourth-order valence-corrected chi connectivity index (χ4v) is 6.48. The molecule has 3 aromatic carbocycles. The molecule has 0 radical (unpaired) electrons. The second kappa shape index (κ2) is 12.9. The smallest absolute Gasteiger partial charge is 0.266 e. The molecule has 0 aliphatic rings. The Morgan fingerprint density at radius 3 is 2.44 bits per heavy atom. The molecule has 0 aliphatic heterocycles. The minimum Gasteiger partial charge on any atom is -0.313 e. The van der Waals surface area contributed by atoms with Crippen molar-refractivity contribution < 1.29 is 17.6 Å². The van der Waals surface area contributed by atoms with Gasteiger partial charge in [0.05, 0.1) is 44.3 Å². The number of aryl methyl sites for hydroxylation is 2. The lowest BCUT2D eigenvalue weighted by Gasteiger charge is -2.22. The maximum Gasteiger partial charge on any atom is 0.266 e. The quantitative estimate of drug-likeness (QED) is 0.115. The van der Waals surface area contributed by atoms with Gasteiger partial charge in [-0.15, -0.1) is 0 Å². The molecule has 0 aliphatic carbocycles. The van der Waals surface area contributed by atoms with Gasteiger partial charge in [0.2, 0.25) is 0 Å². The number of likely N-dealkylation sites (N-methyl/N-ethyl adjacent to an activating group) is 1. The van der Waals surface area contributed by atoms with E-state index in [1.165, 1.54) is 33.3 Å². The van der Waals surface area contributed by atoms with Gasteiger partial charge in [0, 0.05) is 37.6 Å². The van der Waals surface area contributed by atoms with Crippen LogP contribution in [0.1, 0.15) is 30.0 Å². The lowest BCUT2D eigenvalue weighted by molar-refractivity contribution is 0.0000711. The van der Waals surface area contributed by atoms with E-state index in [1.54, 1.807) is 62.1 Å². The van der Waals surface area contributed by atoms with Crippen molar-refractivity contribution in [2.24, 2.45) is 7.05 Å². The largest absolute Gasteiger partial charge is 0.313 e. The Hall–Kier alpha value is -4.40. The van der Waals surface area contributed by atoms with E-state index in [9.17, 15) is 22.4 Å². The molecule has 1 unspecified atom stereocenters. The third kappa shape index (κ3) is 6.39. The van der Waals surface area contributed by atoms with Crippen LogP contribution in [0.4, 0.5) is 23.4 Å². The fraction of sp³-hybridized carbons (Fsp3) is 0.273. The summed E-state index contributed by atoms with van der Waals surface area (Å²) in [5, 5.41) is 13.4. The van der Waals surface area contributed by atoms with E-state index in [4.69, 9.17) is 16.6 Å². The number of nitrogens with one attached hydrogen (secondary N) is 2. The molecular weight excluding hydrogens is 668 g/mol. The van der Waals surface area contributed by atoms with Crippen molar-refractivity contribution in [1.29, 1.82) is 0 Å². The van der Waals surface area contributed by atoms with Gasteiger partial charge in [-0.05, 0) is 68.4 Å². The summed E-state index contributed by atoms with van der Waals surface area (Å²) in [5.74, 6) is -3.65. The molecule has 6 aromatic rings. The highest BCUT2D eigenvalue weighted by Crippen LogP contribution is 2.36. The zero-order valence-corrected chi connectivity index (χ0v) is 28.1. The number of nitrogens with zero attached hydrogens (tertiary/aromatic N) is 6. The van der Waals surface area contributed by atoms with E-state index >= 15 is 0 Å². The van der Waals surface area contributed by atoms with Crippen molar-refractivity contribution >= 4 is 51.2 Å². The SMILES string of the molecule is CNC(Cc1cc(F)cc(F)c1)c1nc2cc(-c3cc(C)n(CC(C)(F)F)n3)ccc2c(=O)n1-c1ccc(Cl)c2c(NSC)nn(C)c12. The molecule has 3 heterocycles. The molecule has 3 aromatic heterocycles. The van der Waals surface area contributed by atoms with Crippen LogP contribution in [-0.2, 0) is 20.0 Å². The summed E-state index contributed by atoms with van der Waals surface area (Å²) in [6.07, 6.45) is 1.93. The molecule has 2 N–H and O–H groups in total. The number of alkyl halides is 2. The predicted molar refractivity (Wildman–Crippen MR) is 182 cm³/mol. The Balaban J connectivity index is 1.60. The van der Waals surface area contributed by atoms with E-state index in [0.717, 1.165) is 13.0 Å². The van der Waals surface area contributed by atoms with Gasteiger partial charge in [-0.1, -0.05) is 29.6 Å². The Morgan fingerprint density at radius 2 is 1.77 bits per heavy atom. The number of aromatic nitrogens is 6. The van der Waals surface area contributed by atoms with Crippen LogP contribution in [0.2, 0.25) is 5.02 Å². The van der Waals surface area contributed by atoms with Gasteiger partial charge in [-0.2, -0.15) is 10.2 Å². The Bertz CT molecular complexity index is 2220. The second-order valence-electron chi connectivity index (χ2n) is 11.6. The van der Waals surface area contributed by atoms with Crippen LogP contribution in [0, 0.1) is 18.6 Å². The number of rotatable bonds is 10. The maximum absolute atomic E-state index is 14.6. The Kier molecular flexibility index (Phi) is 9.00. The molecule has 15 heteroatoms. The molecule has 0 amide bonds. The number of fused-ring (bicyclic) bond motifs is 2. The Morgan fingerprint density at radius 1 is 1.04 bits per heavy atom. The highest BCUT2D eigenvalue weighted by atomic mass is 35.5. The first-order valence-corrected chi connectivity index (χ1v) is 16.4. The van der Waals surface area contributed by atoms with Gasteiger partial charge in [0.1, 0.15) is 24.0 Å². The van der Waals surface area contributed by atoms with E-state index in [2.05, 4.69) is 20.2 Å². The minimum atomic E-state index is -2.96. The topological polar surface area (TPSA) is 94.6 Å². The average Bonchev–Trinajstić information content (AvgIpc) is 3.54. The van der Waals surface area contributed by atoms with Crippen molar-refractivity contribution in [1.82, 2.24) is 34.4 Å².